The van der Waals surface area contributed by atoms with E-state index in [0.717, 1.165) is 37.1 Å². The number of ether oxygens (including phenoxy) is 1. The maximum Gasteiger partial charge on any atom is 0.176 e. The monoisotopic (exact) mass is 279 g/mol. The first kappa shape index (κ1) is 16.7. The van der Waals surface area contributed by atoms with Crippen molar-refractivity contribution >= 4 is 5.78 Å². The number of carbonyl (C=O) groups is 1. The van der Waals surface area contributed by atoms with Crippen molar-refractivity contribution in [3.8, 4) is 5.75 Å². The lowest BCUT2D eigenvalue weighted by Crippen LogP contribution is -2.27. The van der Waals surface area contributed by atoms with Gasteiger partial charge in [-0.1, -0.05) is 0 Å². The van der Waals surface area contributed by atoms with Gasteiger partial charge in [0.25, 0.3) is 0 Å². The Labute approximate surface area is 121 Å². The van der Waals surface area contributed by atoms with Crippen molar-refractivity contribution in [1.29, 1.82) is 0 Å². The minimum atomic E-state index is 0.123. The maximum atomic E-state index is 12.1. The molecule has 0 aliphatic heterocycles. The number of nitrogens with zero attached hydrogens (tertiary/aromatic N) is 1. The van der Waals surface area contributed by atoms with E-state index in [4.69, 9.17) is 9.84 Å². The molecule has 0 saturated heterocycles. The zero-order valence-electron chi connectivity index (χ0n) is 12.5. The third-order valence-electron chi connectivity index (χ3n) is 3.10. The van der Waals surface area contributed by atoms with Gasteiger partial charge in [0.2, 0.25) is 0 Å². The Kier molecular flexibility index (Phi) is 7.92. The second kappa shape index (κ2) is 9.50. The molecule has 0 heterocycles. The van der Waals surface area contributed by atoms with Crippen LogP contribution in [0.15, 0.2) is 24.3 Å². The van der Waals surface area contributed by atoms with Crippen LogP contribution < -0.4 is 4.74 Å². The SMILES string of the molecule is CCOc1ccc(C(=O)CN(C)CCCCCO)cc1. The summed E-state index contributed by atoms with van der Waals surface area (Å²) in [6.45, 7) is 4.11. The normalized spacial score (nSPS) is 10.8. The van der Waals surface area contributed by atoms with Gasteiger partial charge in [-0.25, -0.2) is 0 Å². The van der Waals surface area contributed by atoms with Crippen LogP contribution in [0.25, 0.3) is 0 Å². The number of carbonyl (C=O) groups excluding carboxylic acids is 1. The number of aliphatic hydroxyl groups is 1. The van der Waals surface area contributed by atoms with Crippen LogP contribution in [0.2, 0.25) is 0 Å². The minimum Gasteiger partial charge on any atom is -0.494 e. The Morgan fingerprint density at radius 1 is 1.20 bits per heavy atom. The summed E-state index contributed by atoms with van der Waals surface area (Å²) < 4.78 is 5.36. The van der Waals surface area contributed by atoms with Crippen LogP contribution in [0.4, 0.5) is 0 Å². The van der Waals surface area contributed by atoms with Gasteiger partial charge in [0.15, 0.2) is 5.78 Å². The lowest BCUT2D eigenvalue weighted by Gasteiger charge is -2.15. The summed E-state index contributed by atoms with van der Waals surface area (Å²) in [4.78, 5) is 14.1. The van der Waals surface area contributed by atoms with Crippen molar-refractivity contribution in [2.45, 2.75) is 26.2 Å². The smallest absolute Gasteiger partial charge is 0.176 e. The highest BCUT2D eigenvalue weighted by Gasteiger charge is 2.09. The molecule has 0 saturated carbocycles. The summed E-state index contributed by atoms with van der Waals surface area (Å²) in [7, 11) is 1.95. The van der Waals surface area contributed by atoms with E-state index < -0.39 is 0 Å². The van der Waals surface area contributed by atoms with E-state index in [1.165, 1.54) is 0 Å². The van der Waals surface area contributed by atoms with E-state index in [2.05, 4.69) is 0 Å². The maximum absolute atomic E-state index is 12.1. The fourth-order valence-electron chi connectivity index (χ4n) is 1.99. The van der Waals surface area contributed by atoms with Crippen molar-refractivity contribution in [2.75, 3.05) is 33.4 Å². The Morgan fingerprint density at radius 3 is 2.50 bits per heavy atom. The molecule has 1 rings (SSSR count). The lowest BCUT2D eigenvalue weighted by atomic mass is 10.1. The van der Waals surface area contributed by atoms with Crippen molar-refractivity contribution in [3.63, 3.8) is 0 Å². The van der Waals surface area contributed by atoms with Crippen LogP contribution >= 0.6 is 0 Å². The summed E-state index contributed by atoms with van der Waals surface area (Å²) in [5.41, 5.74) is 0.718. The van der Waals surface area contributed by atoms with Gasteiger partial charge in [0.1, 0.15) is 5.75 Å². The van der Waals surface area contributed by atoms with Crippen molar-refractivity contribution < 1.29 is 14.6 Å². The summed E-state index contributed by atoms with van der Waals surface area (Å²) >= 11 is 0. The lowest BCUT2D eigenvalue weighted by molar-refractivity contribution is 0.0945. The van der Waals surface area contributed by atoms with Crippen LogP contribution in [-0.2, 0) is 0 Å². The number of ketones is 1. The van der Waals surface area contributed by atoms with Crippen LogP contribution in [0.1, 0.15) is 36.5 Å². The molecule has 1 aromatic rings. The van der Waals surface area contributed by atoms with Gasteiger partial charge < -0.3 is 9.84 Å². The van der Waals surface area contributed by atoms with E-state index in [-0.39, 0.29) is 12.4 Å². The molecular weight excluding hydrogens is 254 g/mol. The van der Waals surface area contributed by atoms with Gasteiger partial charge in [-0.05, 0) is 64.0 Å². The number of unbranched alkanes of at least 4 members (excludes halogenated alkanes) is 2. The second-order valence-electron chi connectivity index (χ2n) is 4.90. The molecule has 0 aliphatic rings. The second-order valence-corrected chi connectivity index (χ2v) is 4.90. The van der Waals surface area contributed by atoms with Crippen LogP contribution in [0, 0.1) is 0 Å². The van der Waals surface area contributed by atoms with Crippen molar-refractivity contribution in [3.05, 3.63) is 29.8 Å². The molecule has 0 amide bonds. The molecule has 0 bridgehead atoms. The van der Waals surface area contributed by atoms with Crippen molar-refractivity contribution in [2.24, 2.45) is 0 Å². The zero-order valence-corrected chi connectivity index (χ0v) is 12.5. The average Bonchev–Trinajstić information content (AvgIpc) is 2.45. The van der Waals surface area contributed by atoms with Gasteiger partial charge in [-0.15, -0.1) is 0 Å². The fraction of sp³-hybridized carbons (Fsp3) is 0.562. The number of hydrogen-bond donors (Lipinski definition) is 1. The summed E-state index contributed by atoms with van der Waals surface area (Å²) in [6.07, 6.45) is 2.84. The molecule has 0 atom stereocenters. The quantitative estimate of drug-likeness (QED) is 0.527. The number of rotatable bonds is 10. The number of Topliss-reactive ketones (excluding diaryl/α,β-unsaturated/α-hetero) is 1. The van der Waals surface area contributed by atoms with E-state index in [1.54, 1.807) is 0 Å². The Balaban J connectivity index is 2.37. The Bertz CT molecular complexity index is 389. The van der Waals surface area contributed by atoms with Gasteiger partial charge >= 0.3 is 0 Å². The molecule has 0 unspecified atom stereocenters. The minimum absolute atomic E-state index is 0.123. The third-order valence-corrected chi connectivity index (χ3v) is 3.10. The predicted octanol–water partition coefficient (Wildman–Crippen LogP) is 2.36. The highest BCUT2D eigenvalue weighted by Crippen LogP contribution is 2.12. The van der Waals surface area contributed by atoms with Crippen LogP contribution in [0.5, 0.6) is 5.75 Å². The number of hydrogen-bond acceptors (Lipinski definition) is 4. The number of benzene rings is 1. The molecule has 20 heavy (non-hydrogen) atoms. The summed E-state index contributed by atoms with van der Waals surface area (Å²) in [5.74, 6) is 0.916. The standard InChI is InChI=1S/C16H25NO3/c1-3-20-15-9-7-14(8-10-15)16(19)13-17(2)11-5-4-6-12-18/h7-10,18H,3-6,11-13H2,1-2H3. The van der Waals surface area contributed by atoms with Gasteiger partial charge in [0, 0.05) is 12.2 Å². The van der Waals surface area contributed by atoms with Crippen LogP contribution in [-0.4, -0.2) is 49.1 Å². The summed E-state index contributed by atoms with van der Waals surface area (Å²) in [5, 5.41) is 8.71. The van der Waals surface area contributed by atoms with Gasteiger partial charge in [-0.3, -0.25) is 9.69 Å². The number of aliphatic hydroxyl groups excluding tert-OH is 1. The molecule has 1 aromatic carbocycles. The number of likely N-dealkylation sites (N-methyl/N-ethyl adjacent to an activating group) is 1. The molecule has 112 valence electrons. The van der Waals surface area contributed by atoms with E-state index in [9.17, 15) is 4.79 Å². The van der Waals surface area contributed by atoms with Crippen molar-refractivity contribution in [1.82, 2.24) is 4.90 Å². The predicted molar refractivity (Wildman–Crippen MR) is 80.4 cm³/mol. The Hall–Kier alpha value is -1.39. The Morgan fingerprint density at radius 2 is 1.90 bits per heavy atom. The molecule has 0 radical (unpaired) electrons. The molecule has 0 fully saturated rings. The molecule has 4 heteroatoms. The van der Waals surface area contributed by atoms with Gasteiger partial charge in [-0.2, -0.15) is 0 Å². The highest BCUT2D eigenvalue weighted by atomic mass is 16.5. The van der Waals surface area contributed by atoms with E-state index >= 15 is 0 Å². The zero-order chi connectivity index (χ0) is 14.8. The molecule has 0 aromatic heterocycles. The van der Waals surface area contributed by atoms with E-state index in [1.807, 2.05) is 43.1 Å². The van der Waals surface area contributed by atoms with E-state index in [0.29, 0.717) is 13.2 Å². The first-order valence-electron chi connectivity index (χ1n) is 7.22. The molecule has 0 spiro atoms. The molecule has 4 nitrogen and oxygen atoms in total. The largest absolute Gasteiger partial charge is 0.494 e. The molecule has 0 aliphatic carbocycles. The topological polar surface area (TPSA) is 49.8 Å². The highest BCUT2D eigenvalue weighted by molar-refractivity contribution is 5.97. The first-order valence-corrected chi connectivity index (χ1v) is 7.22. The fourth-order valence-corrected chi connectivity index (χ4v) is 1.99. The first-order chi connectivity index (χ1) is 9.67. The molecular formula is C16H25NO3. The third kappa shape index (κ3) is 6.17. The molecule has 1 N–H and O–H groups in total. The average molecular weight is 279 g/mol. The van der Waals surface area contributed by atoms with Crippen LogP contribution in [0.3, 0.4) is 0 Å². The summed E-state index contributed by atoms with van der Waals surface area (Å²) in [6, 6.07) is 7.29. The van der Waals surface area contributed by atoms with Gasteiger partial charge in [0.05, 0.1) is 13.2 Å².